The van der Waals surface area contributed by atoms with E-state index >= 15 is 4.39 Å². The Morgan fingerprint density at radius 2 is 1.83 bits per heavy atom. The van der Waals surface area contributed by atoms with Crippen LogP contribution in [0.4, 0.5) is 4.39 Å². The standard InChI is InChI=1S/C31H29FN4O5S/c1-18-27(30(39)36(20-8-6-5-7-9-20)35(18)17-31(2,3)40)23(37)15-19-10-11-24(21(32)14-19)41-25-12-13-34-22-16-26(29(38)33-4)42-28(22)25/h5-14,16,40H,15,17H2,1-4H3,(H,33,38). The molecule has 0 aliphatic heterocycles. The number of halogens is 1. The molecule has 1 amide bonds. The minimum atomic E-state index is -1.15. The van der Waals surface area contributed by atoms with Gasteiger partial charge in [0.15, 0.2) is 17.3 Å². The number of carbonyl (C=O) groups is 2. The molecule has 0 aliphatic rings. The fourth-order valence-corrected chi connectivity index (χ4v) is 5.72. The van der Waals surface area contributed by atoms with Crippen molar-refractivity contribution in [2.75, 3.05) is 7.05 Å². The number of ether oxygens (including phenoxy) is 1. The van der Waals surface area contributed by atoms with E-state index < -0.39 is 22.8 Å². The van der Waals surface area contributed by atoms with E-state index in [9.17, 15) is 19.5 Å². The third-order valence-electron chi connectivity index (χ3n) is 6.62. The lowest BCUT2D eigenvalue weighted by Gasteiger charge is -2.22. The number of ketones is 1. The summed E-state index contributed by atoms with van der Waals surface area (Å²) in [7, 11) is 1.53. The van der Waals surface area contributed by atoms with Crippen LogP contribution in [0.3, 0.4) is 0 Å². The number of benzene rings is 2. The van der Waals surface area contributed by atoms with Crippen LogP contribution in [0.5, 0.6) is 11.5 Å². The zero-order valence-electron chi connectivity index (χ0n) is 23.5. The molecule has 5 rings (SSSR count). The van der Waals surface area contributed by atoms with E-state index in [1.165, 1.54) is 41.4 Å². The van der Waals surface area contributed by atoms with Gasteiger partial charge in [0.25, 0.3) is 11.5 Å². The van der Waals surface area contributed by atoms with Gasteiger partial charge in [-0.3, -0.25) is 24.0 Å². The van der Waals surface area contributed by atoms with Crippen LogP contribution in [-0.4, -0.2) is 43.8 Å². The largest absolute Gasteiger partial charge is 0.453 e. The van der Waals surface area contributed by atoms with E-state index in [-0.39, 0.29) is 30.2 Å². The maximum absolute atomic E-state index is 15.2. The Balaban J connectivity index is 1.43. The van der Waals surface area contributed by atoms with Crippen LogP contribution < -0.4 is 15.6 Å². The number of nitrogens with zero attached hydrogens (tertiary/aromatic N) is 3. The predicted molar refractivity (Wildman–Crippen MR) is 159 cm³/mol. The van der Waals surface area contributed by atoms with Crippen molar-refractivity contribution in [3.8, 4) is 17.2 Å². The van der Waals surface area contributed by atoms with E-state index in [4.69, 9.17) is 4.74 Å². The van der Waals surface area contributed by atoms with Crippen LogP contribution >= 0.6 is 11.3 Å². The SMILES string of the molecule is CNC(=O)c1cc2nccc(Oc3ccc(CC(=O)c4c(C)n(CC(C)(C)O)n(-c5ccccc5)c4=O)cc3F)c2s1. The molecule has 0 fully saturated rings. The Kier molecular flexibility index (Phi) is 7.81. The fourth-order valence-electron chi connectivity index (χ4n) is 4.71. The van der Waals surface area contributed by atoms with Crippen molar-refractivity contribution in [3.63, 3.8) is 0 Å². The Hall–Kier alpha value is -4.61. The number of rotatable bonds is 9. The number of para-hydroxylation sites is 1. The average Bonchev–Trinajstić information content (AvgIpc) is 3.48. The number of thiophene rings is 1. The Bertz CT molecular complexity index is 1870. The maximum atomic E-state index is 15.2. The highest BCUT2D eigenvalue weighted by molar-refractivity contribution is 7.21. The average molecular weight is 589 g/mol. The third kappa shape index (κ3) is 5.74. The second-order valence-corrected chi connectivity index (χ2v) is 11.5. The zero-order chi connectivity index (χ0) is 30.2. The minimum Gasteiger partial charge on any atom is -0.453 e. The molecule has 42 heavy (non-hydrogen) atoms. The molecule has 3 aromatic heterocycles. The molecule has 2 aromatic carbocycles. The molecule has 0 aliphatic carbocycles. The van der Waals surface area contributed by atoms with E-state index in [0.717, 1.165) is 0 Å². The number of nitrogens with one attached hydrogen (secondary N) is 1. The maximum Gasteiger partial charge on any atom is 0.282 e. The number of hydrogen-bond acceptors (Lipinski definition) is 7. The number of aliphatic hydroxyl groups is 1. The van der Waals surface area contributed by atoms with Crippen LogP contribution in [0.1, 0.15) is 45.1 Å². The number of fused-ring (bicyclic) bond motifs is 1. The second-order valence-electron chi connectivity index (χ2n) is 10.5. The molecule has 0 unspecified atom stereocenters. The van der Waals surface area contributed by atoms with Crippen LogP contribution in [0.15, 0.2) is 71.7 Å². The van der Waals surface area contributed by atoms with Crippen LogP contribution in [-0.2, 0) is 13.0 Å². The van der Waals surface area contributed by atoms with Crippen molar-refractivity contribution >= 4 is 33.2 Å². The second kappa shape index (κ2) is 11.3. The highest BCUT2D eigenvalue weighted by atomic mass is 32.1. The van der Waals surface area contributed by atoms with Gasteiger partial charge in [-0.2, -0.15) is 0 Å². The molecule has 0 saturated heterocycles. The quantitative estimate of drug-likeness (QED) is 0.233. The molecule has 9 nitrogen and oxygen atoms in total. The molecule has 0 saturated carbocycles. The molecule has 0 bridgehead atoms. The van der Waals surface area contributed by atoms with Gasteiger partial charge in [-0.1, -0.05) is 24.3 Å². The van der Waals surface area contributed by atoms with Gasteiger partial charge in [0, 0.05) is 31.4 Å². The van der Waals surface area contributed by atoms with Gasteiger partial charge in [0.05, 0.1) is 32.9 Å². The summed E-state index contributed by atoms with van der Waals surface area (Å²) in [5.41, 5.74) is 0.189. The first-order chi connectivity index (χ1) is 20.0. The fraction of sp³-hybridized carbons (Fsp3) is 0.226. The summed E-state index contributed by atoms with van der Waals surface area (Å²) >= 11 is 1.18. The topological polar surface area (TPSA) is 115 Å². The molecule has 11 heteroatoms. The summed E-state index contributed by atoms with van der Waals surface area (Å²) in [6.45, 7) is 4.98. The lowest BCUT2D eigenvalue weighted by Crippen LogP contribution is -2.32. The molecule has 0 spiro atoms. The molecule has 0 atom stereocenters. The van der Waals surface area contributed by atoms with E-state index in [1.807, 2.05) is 6.07 Å². The number of aromatic nitrogens is 3. The van der Waals surface area contributed by atoms with Crippen molar-refractivity contribution in [1.29, 1.82) is 0 Å². The first kappa shape index (κ1) is 28.9. The number of Topliss-reactive ketones (excluding diaryl/α,β-unsaturated/α-hetero) is 1. The summed E-state index contributed by atoms with van der Waals surface area (Å²) in [6, 6.07) is 16.3. The smallest absolute Gasteiger partial charge is 0.282 e. The van der Waals surface area contributed by atoms with Crippen molar-refractivity contribution in [3.05, 3.63) is 105 Å². The number of hydrogen-bond donors (Lipinski definition) is 2. The van der Waals surface area contributed by atoms with Gasteiger partial charge >= 0.3 is 0 Å². The molecule has 2 N–H and O–H groups in total. The molecule has 3 heterocycles. The Labute approximate surface area is 244 Å². The zero-order valence-corrected chi connectivity index (χ0v) is 24.3. The van der Waals surface area contributed by atoms with Crippen molar-refractivity contribution < 1.29 is 23.8 Å². The highest BCUT2D eigenvalue weighted by Gasteiger charge is 2.27. The van der Waals surface area contributed by atoms with Crippen molar-refractivity contribution in [1.82, 2.24) is 19.7 Å². The molecular weight excluding hydrogens is 559 g/mol. The lowest BCUT2D eigenvalue weighted by atomic mass is 10.0. The number of amides is 1. The first-order valence-electron chi connectivity index (χ1n) is 13.2. The van der Waals surface area contributed by atoms with Gasteiger partial charge in [-0.05, 0) is 56.7 Å². The molecule has 5 aromatic rings. The van der Waals surface area contributed by atoms with Crippen LogP contribution in [0.2, 0.25) is 0 Å². The van der Waals surface area contributed by atoms with Gasteiger partial charge < -0.3 is 15.2 Å². The number of carbonyl (C=O) groups excluding carboxylic acids is 2. The van der Waals surface area contributed by atoms with E-state index in [2.05, 4.69) is 10.3 Å². The third-order valence-corrected chi connectivity index (χ3v) is 7.76. The molecule has 216 valence electrons. The van der Waals surface area contributed by atoms with Gasteiger partial charge in [-0.15, -0.1) is 11.3 Å². The summed E-state index contributed by atoms with van der Waals surface area (Å²) in [6.07, 6.45) is 1.30. The van der Waals surface area contributed by atoms with Gasteiger partial charge in [-0.25, -0.2) is 9.07 Å². The summed E-state index contributed by atoms with van der Waals surface area (Å²) < 4.78 is 24.6. The minimum absolute atomic E-state index is 0.0207. The molecular formula is C31H29FN4O5S. The highest BCUT2D eigenvalue weighted by Crippen LogP contribution is 2.36. The van der Waals surface area contributed by atoms with Crippen molar-refractivity contribution in [2.24, 2.45) is 0 Å². The summed E-state index contributed by atoms with van der Waals surface area (Å²) in [5.74, 6) is -1.14. The monoisotopic (exact) mass is 588 g/mol. The number of pyridine rings is 1. The Morgan fingerprint density at radius 1 is 1.10 bits per heavy atom. The summed E-state index contributed by atoms with van der Waals surface area (Å²) in [4.78, 5) is 43.7. The summed E-state index contributed by atoms with van der Waals surface area (Å²) in [5, 5.41) is 13.1. The van der Waals surface area contributed by atoms with Crippen molar-refractivity contribution in [2.45, 2.75) is 39.3 Å². The molecule has 0 radical (unpaired) electrons. The Morgan fingerprint density at radius 3 is 2.50 bits per heavy atom. The normalized spacial score (nSPS) is 11.6. The van der Waals surface area contributed by atoms with Crippen LogP contribution in [0.25, 0.3) is 15.9 Å². The van der Waals surface area contributed by atoms with E-state index in [1.54, 1.807) is 67.9 Å². The van der Waals surface area contributed by atoms with Gasteiger partial charge in [0.2, 0.25) is 0 Å². The predicted octanol–water partition coefficient (Wildman–Crippen LogP) is 5.04. The van der Waals surface area contributed by atoms with E-state index in [0.29, 0.717) is 37.8 Å². The van der Waals surface area contributed by atoms with Gasteiger partial charge in [0.1, 0.15) is 11.3 Å². The lowest BCUT2D eigenvalue weighted by molar-refractivity contribution is 0.0545. The first-order valence-corrected chi connectivity index (χ1v) is 14.0. The van der Waals surface area contributed by atoms with Crippen LogP contribution in [0, 0.1) is 12.7 Å².